The Morgan fingerprint density at radius 3 is 2.66 bits per heavy atom. The van der Waals surface area contributed by atoms with E-state index in [-0.39, 0.29) is 22.7 Å². The molecule has 2 heterocycles. The highest BCUT2D eigenvalue weighted by atomic mass is 35.5. The number of carbonyl (C=O) groups excluding carboxylic acids is 1. The number of halogens is 3. The fourth-order valence-electron chi connectivity index (χ4n) is 3.75. The average molecular weight is 496 g/mol. The van der Waals surface area contributed by atoms with Gasteiger partial charge in [0, 0.05) is 42.8 Å². The highest BCUT2D eigenvalue weighted by Crippen LogP contribution is 2.31. The molecule has 1 aliphatic rings. The molecule has 0 aliphatic carbocycles. The number of piperazine rings is 1. The Labute approximate surface area is 204 Å². The summed E-state index contributed by atoms with van der Waals surface area (Å²) in [7, 11) is 0. The van der Waals surface area contributed by atoms with Crippen LogP contribution in [0.1, 0.15) is 10.4 Å². The van der Waals surface area contributed by atoms with Crippen molar-refractivity contribution in [3.05, 3.63) is 83.0 Å². The summed E-state index contributed by atoms with van der Waals surface area (Å²) in [6.07, 6.45) is 1.72. The molecule has 0 radical (unpaired) electrons. The monoisotopic (exact) mass is 495 g/mol. The van der Waals surface area contributed by atoms with Crippen molar-refractivity contribution >= 4 is 40.0 Å². The highest BCUT2D eigenvalue weighted by Gasteiger charge is 2.18. The molecule has 1 aliphatic heterocycles. The number of rotatable bonds is 5. The van der Waals surface area contributed by atoms with E-state index in [9.17, 15) is 13.6 Å². The van der Waals surface area contributed by atoms with Gasteiger partial charge in [0.05, 0.1) is 22.9 Å². The Kier molecular flexibility index (Phi) is 6.43. The van der Waals surface area contributed by atoms with Crippen molar-refractivity contribution in [3.63, 3.8) is 0 Å². The Morgan fingerprint density at radius 1 is 1.03 bits per heavy atom. The fraction of sp³-hybridized carbons (Fsp3) is 0.160. The number of carbonyl (C=O) groups is 1. The SMILES string of the molecule is O=C(Nc1ccc(Oc2ccc3ncc(N4CCNCC4)nc3c2)c(F)c1F)c1cccc(Cl)c1. The van der Waals surface area contributed by atoms with Crippen molar-refractivity contribution in [3.8, 4) is 11.5 Å². The van der Waals surface area contributed by atoms with Gasteiger partial charge < -0.3 is 20.3 Å². The Hall–Kier alpha value is -3.82. The van der Waals surface area contributed by atoms with E-state index in [4.69, 9.17) is 16.3 Å². The molecule has 10 heteroatoms. The van der Waals surface area contributed by atoms with Crippen LogP contribution >= 0.6 is 11.6 Å². The average Bonchev–Trinajstić information content (AvgIpc) is 2.88. The number of hydrogen-bond acceptors (Lipinski definition) is 6. The first-order valence-corrected chi connectivity index (χ1v) is 11.3. The van der Waals surface area contributed by atoms with Crippen LogP contribution in [0.2, 0.25) is 5.02 Å². The van der Waals surface area contributed by atoms with Gasteiger partial charge in [-0.2, -0.15) is 4.39 Å². The Bertz CT molecular complexity index is 1410. The zero-order valence-electron chi connectivity index (χ0n) is 18.4. The van der Waals surface area contributed by atoms with Gasteiger partial charge >= 0.3 is 0 Å². The predicted octanol–water partition coefficient (Wildman–Crippen LogP) is 5.02. The minimum absolute atomic E-state index is 0.218. The maximum Gasteiger partial charge on any atom is 0.255 e. The molecule has 1 aromatic heterocycles. The van der Waals surface area contributed by atoms with Gasteiger partial charge in [-0.05, 0) is 42.5 Å². The molecule has 3 aromatic carbocycles. The summed E-state index contributed by atoms with van der Waals surface area (Å²) in [6, 6.07) is 13.6. The minimum atomic E-state index is -1.24. The lowest BCUT2D eigenvalue weighted by atomic mass is 10.2. The number of aromatic nitrogens is 2. The number of ether oxygens (including phenoxy) is 1. The van der Waals surface area contributed by atoms with Crippen LogP contribution in [0.3, 0.4) is 0 Å². The smallest absolute Gasteiger partial charge is 0.255 e. The predicted molar refractivity (Wildman–Crippen MR) is 130 cm³/mol. The largest absolute Gasteiger partial charge is 0.454 e. The van der Waals surface area contributed by atoms with Crippen LogP contribution in [0.15, 0.2) is 60.8 Å². The van der Waals surface area contributed by atoms with Gasteiger partial charge in [0.2, 0.25) is 5.82 Å². The van der Waals surface area contributed by atoms with Gasteiger partial charge in [0.25, 0.3) is 5.91 Å². The number of hydrogen-bond donors (Lipinski definition) is 2. The third-order valence-electron chi connectivity index (χ3n) is 5.55. The molecule has 0 spiro atoms. The molecule has 1 amide bonds. The van der Waals surface area contributed by atoms with Crippen LogP contribution in [-0.2, 0) is 0 Å². The van der Waals surface area contributed by atoms with Crippen molar-refractivity contribution in [2.45, 2.75) is 0 Å². The number of fused-ring (bicyclic) bond motifs is 1. The van der Waals surface area contributed by atoms with E-state index in [2.05, 4.69) is 25.5 Å². The summed E-state index contributed by atoms with van der Waals surface area (Å²) in [5.41, 5.74) is 1.13. The van der Waals surface area contributed by atoms with Gasteiger partial charge in [-0.25, -0.2) is 9.37 Å². The second-order valence-corrected chi connectivity index (χ2v) is 8.36. The van der Waals surface area contributed by atoms with Gasteiger partial charge in [0.1, 0.15) is 11.6 Å². The Morgan fingerprint density at radius 2 is 1.86 bits per heavy atom. The number of nitrogens with one attached hydrogen (secondary N) is 2. The minimum Gasteiger partial charge on any atom is -0.454 e. The van der Waals surface area contributed by atoms with Gasteiger partial charge in [0.15, 0.2) is 11.6 Å². The van der Waals surface area contributed by atoms with Gasteiger partial charge in [-0.3, -0.25) is 9.78 Å². The first kappa shape index (κ1) is 22.9. The molecule has 0 saturated carbocycles. The molecule has 0 atom stereocenters. The summed E-state index contributed by atoms with van der Waals surface area (Å²) < 4.78 is 35.1. The molecule has 5 rings (SSSR count). The van der Waals surface area contributed by atoms with Crippen LogP contribution in [0.25, 0.3) is 11.0 Å². The standard InChI is InChI=1S/C25H20ClF2N5O2/c26-16-3-1-2-15(12-16)25(34)32-19-6-7-21(24(28)23(19)27)35-17-4-5-18-20(13-17)31-22(14-30-18)33-10-8-29-9-11-33/h1-7,12-14,29H,8-11H2,(H,32,34). The quantitative estimate of drug-likeness (QED) is 0.405. The molecular formula is C25H20ClF2N5O2. The van der Waals surface area contributed by atoms with E-state index >= 15 is 0 Å². The summed E-state index contributed by atoms with van der Waals surface area (Å²) >= 11 is 5.89. The van der Waals surface area contributed by atoms with Crippen molar-refractivity contribution in [1.82, 2.24) is 15.3 Å². The van der Waals surface area contributed by atoms with E-state index in [0.717, 1.165) is 32.0 Å². The molecular weight excluding hydrogens is 476 g/mol. The molecule has 7 nitrogen and oxygen atoms in total. The molecule has 1 saturated heterocycles. The van der Waals surface area contributed by atoms with Gasteiger partial charge in [-0.1, -0.05) is 17.7 Å². The second-order valence-electron chi connectivity index (χ2n) is 7.92. The van der Waals surface area contributed by atoms with E-state index in [0.29, 0.717) is 16.1 Å². The number of amides is 1. The number of nitrogens with zero attached hydrogens (tertiary/aromatic N) is 3. The summed E-state index contributed by atoms with van der Waals surface area (Å²) in [4.78, 5) is 23.6. The van der Waals surface area contributed by atoms with E-state index in [1.807, 2.05) is 0 Å². The van der Waals surface area contributed by atoms with Crippen molar-refractivity contribution in [2.75, 3.05) is 36.4 Å². The number of benzene rings is 3. The van der Waals surface area contributed by atoms with Crippen molar-refractivity contribution in [1.29, 1.82) is 0 Å². The second kappa shape index (κ2) is 9.81. The Balaban J connectivity index is 1.36. The lowest BCUT2D eigenvalue weighted by Crippen LogP contribution is -2.43. The fourth-order valence-corrected chi connectivity index (χ4v) is 3.94. The summed E-state index contributed by atoms with van der Waals surface area (Å²) in [5.74, 6) is -2.39. The first-order valence-electron chi connectivity index (χ1n) is 10.9. The highest BCUT2D eigenvalue weighted by molar-refractivity contribution is 6.31. The zero-order valence-corrected chi connectivity index (χ0v) is 19.1. The van der Waals surface area contributed by atoms with E-state index in [1.54, 1.807) is 36.5 Å². The summed E-state index contributed by atoms with van der Waals surface area (Å²) in [6.45, 7) is 3.37. The lowest BCUT2D eigenvalue weighted by molar-refractivity contribution is 0.102. The number of anilines is 2. The van der Waals surface area contributed by atoms with E-state index in [1.165, 1.54) is 24.3 Å². The first-order chi connectivity index (χ1) is 17.0. The normalized spacial score (nSPS) is 13.6. The van der Waals surface area contributed by atoms with Crippen LogP contribution < -0.4 is 20.3 Å². The molecule has 0 bridgehead atoms. The third-order valence-corrected chi connectivity index (χ3v) is 5.79. The summed E-state index contributed by atoms with van der Waals surface area (Å²) in [5, 5.41) is 5.99. The maximum atomic E-state index is 14.8. The zero-order chi connectivity index (χ0) is 24.4. The van der Waals surface area contributed by atoms with Crippen LogP contribution in [0.4, 0.5) is 20.3 Å². The van der Waals surface area contributed by atoms with Crippen LogP contribution in [0, 0.1) is 11.6 Å². The molecule has 1 fully saturated rings. The van der Waals surface area contributed by atoms with Crippen LogP contribution in [-0.4, -0.2) is 42.1 Å². The molecule has 2 N–H and O–H groups in total. The van der Waals surface area contributed by atoms with Crippen molar-refractivity contribution < 1.29 is 18.3 Å². The topological polar surface area (TPSA) is 79.4 Å². The van der Waals surface area contributed by atoms with E-state index < -0.39 is 17.5 Å². The molecule has 4 aromatic rings. The van der Waals surface area contributed by atoms with Crippen LogP contribution in [0.5, 0.6) is 11.5 Å². The van der Waals surface area contributed by atoms with Gasteiger partial charge in [-0.15, -0.1) is 0 Å². The lowest BCUT2D eigenvalue weighted by Gasteiger charge is -2.28. The van der Waals surface area contributed by atoms with Crippen molar-refractivity contribution in [2.24, 2.45) is 0 Å². The maximum absolute atomic E-state index is 14.8. The molecule has 0 unspecified atom stereocenters. The molecule has 35 heavy (non-hydrogen) atoms. The molecule has 178 valence electrons. The third kappa shape index (κ3) is 5.01.